The van der Waals surface area contributed by atoms with E-state index in [0.717, 1.165) is 13.0 Å². The van der Waals surface area contributed by atoms with E-state index < -0.39 is 0 Å². The van der Waals surface area contributed by atoms with E-state index in [2.05, 4.69) is 26.1 Å². The number of halogens is 1. The highest BCUT2D eigenvalue weighted by atomic mass is 19.1. The second-order valence-corrected chi connectivity index (χ2v) is 7.11. The van der Waals surface area contributed by atoms with Crippen molar-refractivity contribution in [2.24, 2.45) is 11.3 Å². The molecule has 1 aliphatic rings. The summed E-state index contributed by atoms with van der Waals surface area (Å²) in [5, 5.41) is 3.77. The van der Waals surface area contributed by atoms with E-state index in [1.807, 2.05) is 12.1 Å². The summed E-state index contributed by atoms with van der Waals surface area (Å²) < 4.78 is 13.3. The van der Waals surface area contributed by atoms with Gasteiger partial charge in [-0.2, -0.15) is 0 Å². The third kappa shape index (κ3) is 4.06. The summed E-state index contributed by atoms with van der Waals surface area (Å²) in [4.78, 5) is 0. The molecular weight excluding hydrogens is 261 g/mol. The summed E-state index contributed by atoms with van der Waals surface area (Å²) in [6, 6.07) is 7.52. The molecule has 0 heterocycles. The van der Waals surface area contributed by atoms with E-state index in [1.54, 1.807) is 12.1 Å². The van der Waals surface area contributed by atoms with Crippen LogP contribution in [-0.4, -0.2) is 6.54 Å². The van der Waals surface area contributed by atoms with Gasteiger partial charge in [0.1, 0.15) is 5.82 Å². The fraction of sp³-hybridized carbons (Fsp3) is 0.684. The summed E-state index contributed by atoms with van der Waals surface area (Å²) in [5.74, 6) is 0.562. The highest BCUT2D eigenvalue weighted by Crippen LogP contribution is 2.51. The third-order valence-electron chi connectivity index (χ3n) is 4.83. The Labute approximate surface area is 129 Å². The lowest BCUT2D eigenvalue weighted by Gasteiger charge is -2.40. The van der Waals surface area contributed by atoms with Crippen LogP contribution in [0.25, 0.3) is 0 Å². The summed E-state index contributed by atoms with van der Waals surface area (Å²) >= 11 is 0. The van der Waals surface area contributed by atoms with Gasteiger partial charge in [0.15, 0.2) is 0 Å². The van der Waals surface area contributed by atoms with Crippen molar-refractivity contribution < 1.29 is 4.39 Å². The van der Waals surface area contributed by atoms with Crippen LogP contribution in [0, 0.1) is 17.2 Å². The van der Waals surface area contributed by atoms with Gasteiger partial charge in [-0.15, -0.1) is 0 Å². The monoisotopic (exact) mass is 291 g/mol. The van der Waals surface area contributed by atoms with Crippen LogP contribution in [0.5, 0.6) is 0 Å². The molecule has 118 valence electrons. The van der Waals surface area contributed by atoms with Crippen LogP contribution < -0.4 is 5.32 Å². The van der Waals surface area contributed by atoms with E-state index in [0.29, 0.717) is 17.4 Å². The molecule has 21 heavy (non-hydrogen) atoms. The zero-order chi connectivity index (χ0) is 15.3. The second-order valence-electron chi connectivity index (χ2n) is 7.11. The average Bonchev–Trinajstić information content (AvgIpc) is 2.89. The molecule has 1 aromatic rings. The Morgan fingerprint density at radius 2 is 1.76 bits per heavy atom. The first kappa shape index (κ1) is 16.5. The van der Waals surface area contributed by atoms with Gasteiger partial charge in [-0.25, -0.2) is 4.39 Å². The fourth-order valence-electron chi connectivity index (χ4n) is 4.13. The number of rotatable bonds is 7. The van der Waals surface area contributed by atoms with E-state index >= 15 is 0 Å². The van der Waals surface area contributed by atoms with Crippen molar-refractivity contribution in [3.8, 4) is 0 Å². The maximum absolute atomic E-state index is 13.3. The summed E-state index contributed by atoms with van der Waals surface area (Å²) in [6.07, 6.45) is 7.64. The Bertz CT molecular complexity index is 418. The average molecular weight is 291 g/mol. The molecule has 0 aromatic heterocycles. The predicted molar refractivity (Wildman–Crippen MR) is 87.8 cm³/mol. The van der Waals surface area contributed by atoms with Crippen molar-refractivity contribution in [1.29, 1.82) is 0 Å². The number of hydrogen-bond donors (Lipinski definition) is 1. The first-order chi connectivity index (χ1) is 10.1. The van der Waals surface area contributed by atoms with Gasteiger partial charge in [0.05, 0.1) is 0 Å². The molecule has 0 radical (unpaired) electrons. The minimum Gasteiger partial charge on any atom is -0.309 e. The first-order valence-corrected chi connectivity index (χ1v) is 8.56. The van der Waals surface area contributed by atoms with Gasteiger partial charge < -0.3 is 5.32 Å². The molecule has 1 aliphatic carbocycles. The smallest absolute Gasteiger partial charge is 0.123 e. The Balaban J connectivity index is 2.29. The summed E-state index contributed by atoms with van der Waals surface area (Å²) in [6.45, 7) is 7.88. The molecule has 2 rings (SSSR count). The molecule has 2 heteroatoms. The van der Waals surface area contributed by atoms with Crippen LogP contribution in [0.15, 0.2) is 24.3 Å². The molecule has 1 saturated carbocycles. The Morgan fingerprint density at radius 3 is 2.29 bits per heavy atom. The molecule has 0 saturated heterocycles. The first-order valence-electron chi connectivity index (χ1n) is 8.56. The minimum atomic E-state index is -0.141. The van der Waals surface area contributed by atoms with Crippen LogP contribution in [-0.2, 0) is 0 Å². The molecule has 0 spiro atoms. The van der Waals surface area contributed by atoms with Crippen molar-refractivity contribution in [3.05, 3.63) is 35.6 Å². The lowest BCUT2D eigenvalue weighted by molar-refractivity contribution is 0.155. The van der Waals surface area contributed by atoms with E-state index in [9.17, 15) is 4.39 Å². The maximum atomic E-state index is 13.3. The summed E-state index contributed by atoms with van der Waals surface area (Å²) in [7, 11) is 0. The lowest BCUT2D eigenvalue weighted by Crippen LogP contribution is -2.38. The molecule has 1 atom stereocenters. The SMILES string of the molecule is CCCNC(c1ccc(F)cc1)C1(CC(C)C)CCCC1. The van der Waals surface area contributed by atoms with Crippen molar-refractivity contribution in [2.45, 2.75) is 65.3 Å². The van der Waals surface area contributed by atoms with E-state index in [1.165, 1.54) is 37.7 Å². The van der Waals surface area contributed by atoms with Crippen molar-refractivity contribution in [2.75, 3.05) is 6.54 Å². The molecule has 1 unspecified atom stereocenters. The normalized spacial score (nSPS) is 19.1. The van der Waals surface area contributed by atoms with Gasteiger partial charge in [-0.3, -0.25) is 0 Å². The van der Waals surface area contributed by atoms with Gasteiger partial charge in [-0.1, -0.05) is 45.7 Å². The van der Waals surface area contributed by atoms with Gasteiger partial charge in [0, 0.05) is 6.04 Å². The second kappa shape index (κ2) is 7.40. The zero-order valence-corrected chi connectivity index (χ0v) is 13.8. The van der Waals surface area contributed by atoms with Crippen LogP contribution in [0.2, 0.25) is 0 Å². The highest BCUT2D eigenvalue weighted by molar-refractivity contribution is 5.23. The Hall–Kier alpha value is -0.890. The lowest BCUT2D eigenvalue weighted by atomic mass is 9.70. The van der Waals surface area contributed by atoms with Gasteiger partial charge in [-0.05, 0) is 61.3 Å². The molecule has 0 aliphatic heterocycles. The topological polar surface area (TPSA) is 12.0 Å². The Morgan fingerprint density at radius 1 is 1.14 bits per heavy atom. The highest BCUT2D eigenvalue weighted by Gasteiger charge is 2.41. The van der Waals surface area contributed by atoms with Gasteiger partial charge in [0.2, 0.25) is 0 Å². The van der Waals surface area contributed by atoms with Crippen LogP contribution in [0.4, 0.5) is 4.39 Å². The quantitative estimate of drug-likeness (QED) is 0.702. The molecule has 0 amide bonds. The fourth-order valence-corrected chi connectivity index (χ4v) is 4.13. The van der Waals surface area contributed by atoms with Crippen LogP contribution in [0.3, 0.4) is 0 Å². The van der Waals surface area contributed by atoms with Crippen molar-refractivity contribution >= 4 is 0 Å². The molecule has 1 aromatic carbocycles. The largest absolute Gasteiger partial charge is 0.309 e. The zero-order valence-electron chi connectivity index (χ0n) is 13.8. The number of hydrogen-bond acceptors (Lipinski definition) is 1. The molecular formula is C19H30FN. The molecule has 0 bridgehead atoms. The van der Waals surface area contributed by atoms with Gasteiger partial charge in [0.25, 0.3) is 0 Å². The molecule has 1 fully saturated rings. The third-order valence-corrected chi connectivity index (χ3v) is 4.83. The van der Waals surface area contributed by atoms with Gasteiger partial charge >= 0.3 is 0 Å². The maximum Gasteiger partial charge on any atom is 0.123 e. The summed E-state index contributed by atoms with van der Waals surface area (Å²) in [5.41, 5.74) is 1.61. The molecule has 1 N–H and O–H groups in total. The molecule has 1 nitrogen and oxygen atoms in total. The standard InChI is InChI=1S/C19H30FN/c1-4-13-21-18(16-7-9-17(20)10-8-16)19(14-15(2)3)11-5-6-12-19/h7-10,15,18,21H,4-6,11-14H2,1-3H3. The minimum absolute atomic E-state index is 0.141. The number of benzene rings is 1. The van der Waals surface area contributed by atoms with Crippen molar-refractivity contribution in [3.63, 3.8) is 0 Å². The van der Waals surface area contributed by atoms with Crippen molar-refractivity contribution in [1.82, 2.24) is 5.32 Å². The Kier molecular flexibility index (Phi) is 5.80. The van der Waals surface area contributed by atoms with E-state index in [-0.39, 0.29) is 5.82 Å². The van der Waals surface area contributed by atoms with E-state index in [4.69, 9.17) is 0 Å². The predicted octanol–water partition coefficient (Wildman–Crippen LogP) is 5.47. The van der Waals surface area contributed by atoms with Crippen LogP contribution >= 0.6 is 0 Å². The van der Waals surface area contributed by atoms with Crippen LogP contribution in [0.1, 0.15) is 70.9 Å². The number of nitrogens with one attached hydrogen (secondary N) is 1.